The van der Waals surface area contributed by atoms with Crippen LogP contribution in [0.25, 0.3) is 138 Å². The Bertz CT molecular complexity index is 7090. The molecule has 566 valence electrons. The fraction of sp³-hybridized carbons (Fsp3) is 0.196. The molecule has 19 aromatic rings. The summed E-state index contributed by atoms with van der Waals surface area (Å²) in [5, 5.41) is 9.95. The number of hydrogen-bond acceptors (Lipinski definition) is 0. The highest BCUT2D eigenvalue weighted by Crippen LogP contribution is 2.60. The summed E-state index contributed by atoms with van der Waals surface area (Å²) in [6, 6.07) is 128. The van der Waals surface area contributed by atoms with Gasteiger partial charge in [0, 0.05) is 77.7 Å². The second-order valence-electron chi connectivity index (χ2n) is 36.5. The van der Waals surface area contributed by atoms with Gasteiger partial charge in [0.15, 0.2) is 0 Å². The number of rotatable bonds is 14. The highest BCUT2D eigenvalue weighted by molar-refractivity contribution is 6.15. The van der Waals surface area contributed by atoms with Crippen molar-refractivity contribution in [2.45, 2.75) is 135 Å². The van der Waals surface area contributed by atoms with Gasteiger partial charge in [0.25, 0.3) is 0 Å². The van der Waals surface area contributed by atoms with E-state index >= 15 is 0 Å². The molecule has 0 radical (unpaired) electrons. The first-order valence-corrected chi connectivity index (χ1v) is 42.3. The van der Waals surface area contributed by atoms with Crippen LogP contribution >= 0.6 is 0 Å². The maximum Gasteiger partial charge on any atom is 0.0714 e. The number of para-hydroxylation sites is 2. The molecule has 0 N–H and O–H groups in total. The third-order valence-corrected chi connectivity index (χ3v) is 26.9. The first-order valence-electron chi connectivity index (χ1n) is 42.3. The molecule has 2 aliphatic rings. The monoisotopic (exact) mass is 1500 g/mol. The molecule has 4 heteroatoms. The van der Waals surface area contributed by atoms with E-state index in [0.717, 1.165) is 34.6 Å². The molecule has 4 aromatic heterocycles. The number of hydrogen-bond donors (Lipinski definition) is 0. The fourth-order valence-corrected chi connectivity index (χ4v) is 21.0. The second kappa shape index (κ2) is 26.5. The van der Waals surface area contributed by atoms with Gasteiger partial charge in [0.05, 0.1) is 43.9 Å². The van der Waals surface area contributed by atoms with Crippen LogP contribution in [0, 0.1) is 5.92 Å². The molecule has 0 spiro atoms. The smallest absolute Gasteiger partial charge is 0.0714 e. The number of aromatic nitrogens is 4. The van der Waals surface area contributed by atoms with Crippen LogP contribution in [0.3, 0.4) is 0 Å². The molecule has 0 amide bonds. The van der Waals surface area contributed by atoms with Gasteiger partial charge < -0.3 is 18.3 Å². The molecule has 0 fully saturated rings. The molecule has 15 aromatic carbocycles. The van der Waals surface area contributed by atoms with E-state index in [4.69, 9.17) is 0 Å². The zero-order valence-corrected chi connectivity index (χ0v) is 68.6. The zero-order chi connectivity index (χ0) is 78.9. The van der Waals surface area contributed by atoms with Crippen molar-refractivity contribution in [1.82, 2.24) is 18.3 Å². The van der Waals surface area contributed by atoms with E-state index in [9.17, 15) is 0 Å². The topological polar surface area (TPSA) is 19.7 Å². The van der Waals surface area contributed by atoms with Gasteiger partial charge in [-0.1, -0.05) is 302 Å². The summed E-state index contributed by atoms with van der Waals surface area (Å²) in [4.78, 5) is 0. The lowest BCUT2D eigenvalue weighted by molar-refractivity contribution is 0.401. The zero-order valence-electron chi connectivity index (χ0n) is 68.6. The Morgan fingerprint density at radius 3 is 0.897 bits per heavy atom. The third kappa shape index (κ3) is 10.7. The number of nitrogens with zero attached hydrogens (tertiary/aromatic N) is 4. The van der Waals surface area contributed by atoms with Crippen molar-refractivity contribution in [3.05, 3.63) is 389 Å². The summed E-state index contributed by atoms with van der Waals surface area (Å²) in [6.45, 7) is 26.5. The van der Waals surface area contributed by atoms with Crippen molar-refractivity contribution in [3.8, 4) is 50.4 Å². The van der Waals surface area contributed by atoms with Crippen molar-refractivity contribution >= 4 is 87.2 Å². The lowest BCUT2D eigenvalue weighted by Crippen LogP contribution is -2.28. The highest BCUT2D eigenvalue weighted by atomic mass is 15.0. The van der Waals surface area contributed by atoms with Gasteiger partial charge in [-0.25, -0.2) is 0 Å². The largest absolute Gasteiger partial charge is 0.340 e. The van der Waals surface area contributed by atoms with Crippen LogP contribution in [-0.2, 0) is 33.6 Å². The van der Waals surface area contributed by atoms with Gasteiger partial charge in [0.2, 0.25) is 0 Å². The number of fused-ring (bicyclic) bond motifs is 18. The Kier molecular flexibility index (Phi) is 16.3. The molecule has 4 nitrogen and oxygen atoms in total. The summed E-state index contributed by atoms with van der Waals surface area (Å²) < 4.78 is 10.2. The fourth-order valence-electron chi connectivity index (χ4n) is 21.0. The van der Waals surface area contributed by atoms with Gasteiger partial charge in [0.1, 0.15) is 0 Å². The predicted octanol–water partition coefficient (Wildman–Crippen LogP) is 29.6. The van der Waals surface area contributed by atoms with E-state index in [1.807, 2.05) is 0 Å². The Balaban J connectivity index is 0.810. The van der Waals surface area contributed by atoms with Crippen LogP contribution in [0.4, 0.5) is 0 Å². The quantitative estimate of drug-likeness (QED) is 0.103. The molecular weight excluding hydrogens is 1400 g/mol. The maximum atomic E-state index is 2.62. The second-order valence-corrected chi connectivity index (χ2v) is 36.5. The molecular formula is C112H98N4. The molecule has 21 rings (SSSR count). The normalized spacial score (nSPS) is 14.1. The summed E-state index contributed by atoms with van der Waals surface area (Å²) in [5.74, 6) is 0.625. The lowest BCUT2D eigenvalue weighted by atomic mass is 9.67. The van der Waals surface area contributed by atoms with Crippen LogP contribution in [-0.4, -0.2) is 18.3 Å². The Hall–Kier alpha value is -12.5. The molecule has 2 aliphatic carbocycles. The molecule has 0 saturated heterocycles. The van der Waals surface area contributed by atoms with Crippen LogP contribution in [0.1, 0.15) is 163 Å². The predicted molar refractivity (Wildman–Crippen MR) is 492 cm³/mol. The van der Waals surface area contributed by atoms with E-state index in [-0.39, 0.29) is 16.2 Å². The summed E-state index contributed by atoms with van der Waals surface area (Å²) in [5.41, 5.74) is 33.1. The Morgan fingerprint density at radius 2 is 0.543 bits per heavy atom. The standard InChI is InChI=1S/C112H98N4/c1-12-14-27-71(13-2)70-113-100-38-25-19-32-88(100)90-64-72(40-58-101(90)113)73-41-59-103-91(65-73)93-67-78(49-61-105(93)115(103)82-54-44-75(45-55-82)109(6,7)8)112(98-36-23-17-30-86(98)87-31-18-24-37-99(87)112)80-51-63-107-95(69-80)94-68-79(50-62-106(94)116(107)83-56-46-76(47-57-83)110(9,10)11)111(96-34-21-15-28-84(96)85-29-16-22-35-97(85)111)77-48-60-104-92(66-77)89-33-20-26-39-102(89)114(104)81-52-42-74(43-53-81)108(3,4)5/h15-26,28-69,71H,12-14,27,70H2,1-11H3. The third-order valence-electron chi connectivity index (χ3n) is 26.9. The summed E-state index contributed by atoms with van der Waals surface area (Å²) >= 11 is 0. The molecule has 0 saturated carbocycles. The number of unbranched alkanes of at least 4 members (excludes halogenated alkanes) is 1. The average Bonchev–Trinajstić information content (AvgIpc) is 1.52. The van der Waals surface area contributed by atoms with Crippen LogP contribution in [0.5, 0.6) is 0 Å². The van der Waals surface area contributed by atoms with Crippen molar-refractivity contribution in [2.24, 2.45) is 5.92 Å². The van der Waals surface area contributed by atoms with E-state index in [0.29, 0.717) is 5.92 Å². The molecule has 116 heavy (non-hydrogen) atoms. The Morgan fingerprint density at radius 1 is 0.267 bits per heavy atom. The Labute approximate surface area is 681 Å². The van der Waals surface area contributed by atoms with Crippen molar-refractivity contribution in [2.75, 3.05) is 0 Å². The average molecular weight is 1500 g/mol. The minimum absolute atomic E-state index is 0.000610. The van der Waals surface area contributed by atoms with Crippen LogP contribution < -0.4 is 0 Å². The summed E-state index contributed by atoms with van der Waals surface area (Å²) in [6.07, 6.45) is 4.91. The molecule has 0 aliphatic heterocycles. The summed E-state index contributed by atoms with van der Waals surface area (Å²) in [7, 11) is 0. The van der Waals surface area contributed by atoms with Crippen molar-refractivity contribution in [1.29, 1.82) is 0 Å². The first-order chi connectivity index (χ1) is 56.3. The van der Waals surface area contributed by atoms with Gasteiger partial charge in [-0.15, -0.1) is 0 Å². The highest BCUT2D eigenvalue weighted by Gasteiger charge is 2.49. The SMILES string of the molecule is CCCCC(CC)Cn1c2ccccc2c2cc(-c3ccc4c(c3)c3cc(C5(c6ccc7c(c6)c6cc(C8(c9ccc%10c(c9)c9ccccc9n%10-c9ccc(C(C)(C)C)cc9)c9ccccc9-c9ccccc98)ccc6n7-c6ccc(C(C)(C)C)cc6)c6ccccc6-c6ccccc65)ccc3n4-c3ccc(C(C)(C)C)cc3)ccc21. The van der Waals surface area contributed by atoms with Gasteiger partial charge in [-0.2, -0.15) is 0 Å². The van der Waals surface area contributed by atoms with Gasteiger partial charge >= 0.3 is 0 Å². The minimum atomic E-state index is -0.767. The first kappa shape index (κ1) is 71.3. The van der Waals surface area contributed by atoms with Crippen LogP contribution in [0.2, 0.25) is 0 Å². The van der Waals surface area contributed by atoms with Gasteiger partial charge in [-0.05, 0) is 244 Å². The molecule has 0 bridgehead atoms. The van der Waals surface area contributed by atoms with Crippen molar-refractivity contribution < 1.29 is 0 Å². The van der Waals surface area contributed by atoms with Gasteiger partial charge in [-0.3, -0.25) is 0 Å². The number of benzene rings is 15. The molecule has 4 heterocycles. The minimum Gasteiger partial charge on any atom is -0.340 e. The van der Waals surface area contributed by atoms with E-state index in [1.54, 1.807) is 0 Å². The maximum absolute atomic E-state index is 2.62. The molecule has 1 atom stereocenters. The van der Waals surface area contributed by atoms with E-state index < -0.39 is 10.8 Å². The van der Waals surface area contributed by atoms with E-state index in [2.05, 4.69) is 422 Å². The lowest BCUT2D eigenvalue weighted by Gasteiger charge is -2.34. The van der Waals surface area contributed by atoms with E-state index in [1.165, 1.54) is 196 Å². The van der Waals surface area contributed by atoms with Crippen molar-refractivity contribution in [3.63, 3.8) is 0 Å². The van der Waals surface area contributed by atoms with Crippen LogP contribution in [0.15, 0.2) is 328 Å². The molecule has 1 unspecified atom stereocenters.